The SMILES string of the molecule is CC(C)CCOc1cc(F)cc(-c2ccc(C(=O)NS(=O)(=O)c3ccc[nH]c3=O)c(N3[C@H](C)CC[C@@H]3C)n2)c1. The van der Waals surface area contributed by atoms with Gasteiger partial charge in [-0.25, -0.2) is 22.5 Å². The first-order chi connectivity index (χ1) is 18.5. The molecule has 0 bridgehead atoms. The standard InChI is InChI=1S/C28H33FN4O5S/c1-17(2)11-13-38-22-15-20(14-21(29)16-22)24-10-9-23(26(31-24)33-18(3)7-8-19(33)4)27(34)32-39(36,37)25-6-5-12-30-28(25)35/h5-6,9-10,12,14-19H,7-8,11,13H2,1-4H3,(H,30,35)(H,32,34)/t18-,19+. The van der Waals surface area contributed by atoms with Crippen LogP contribution in [-0.2, 0) is 10.0 Å². The van der Waals surface area contributed by atoms with Crippen LogP contribution in [0.4, 0.5) is 10.2 Å². The Hall–Kier alpha value is -3.73. The number of hydrogen-bond donors (Lipinski definition) is 2. The van der Waals surface area contributed by atoms with Crippen molar-refractivity contribution >= 4 is 21.7 Å². The molecule has 0 aliphatic carbocycles. The minimum atomic E-state index is -4.45. The third-order valence-electron chi connectivity index (χ3n) is 6.75. The molecule has 2 N–H and O–H groups in total. The first kappa shape index (κ1) is 28.3. The minimum absolute atomic E-state index is 0.0279. The number of ether oxygens (including phenoxy) is 1. The van der Waals surface area contributed by atoms with E-state index in [1.54, 1.807) is 12.1 Å². The highest BCUT2D eigenvalue weighted by Crippen LogP contribution is 2.34. The van der Waals surface area contributed by atoms with Crippen LogP contribution in [0.5, 0.6) is 5.75 Å². The third kappa shape index (κ3) is 6.47. The topological polar surface area (TPSA) is 121 Å². The van der Waals surface area contributed by atoms with Crippen LogP contribution >= 0.6 is 0 Å². The van der Waals surface area contributed by atoms with Crippen molar-refractivity contribution in [3.63, 3.8) is 0 Å². The van der Waals surface area contributed by atoms with Crippen molar-refractivity contribution in [1.82, 2.24) is 14.7 Å². The second kappa shape index (κ2) is 11.6. The maximum atomic E-state index is 14.5. The Morgan fingerprint density at radius 2 is 1.90 bits per heavy atom. The Kier molecular flexibility index (Phi) is 8.39. The first-order valence-corrected chi connectivity index (χ1v) is 14.4. The van der Waals surface area contributed by atoms with Crippen LogP contribution in [0.2, 0.25) is 0 Å². The number of nitrogens with zero attached hydrogens (tertiary/aromatic N) is 2. The maximum absolute atomic E-state index is 14.5. The highest BCUT2D eigenvalue weighted by Gasteiger charge is 2.33. The van der Waals surface area contributed by atoms with E-state index in [0.717, 1.165) is 25.3 Å². The Bertz CT molecular complexity index is 1510. The number of carbonyl (C=O) groups is 1. The van der Waals surface area contributed by atoms with Crippen molar-refractivity contribution in [1.29, 1.82) is 0 Å². The number of aromatic amines is 1. The molecule has 39 heavy (non-hydrogen) atoms. The number of rotatable bonds is 9. The molecule has 0 saturated carbocycles. The predicted molar refractivity (Wildman–Crippen MR) is 147 cm³/mol. The molecule has 0 unspecified atom stereocenters. The van der Waals surface area contributed by atoms with Crippen molar-refractivity contribution in [2.75, 3.05) is 11.5 Å². The zero-order valence-electron chi connectivity index (χ0n) is 22.4. The molecule has 0 spiro atoms. The van der Waals surface area contributed by atoms with Crippen LogP contribution in [0.25, 0.3) is 11.3 Å². The molecule has 9 nitrogen and oxygen atoms in total. The number of H-pyrrole nitrogens is 1. The van der Waals surface area contributed by atoms with Gasteiger partial charge in [0.05, 0.1) is 17.9 Å². The van der Waals surface area contributed by atoms with Gasteiger partial charge in [0.2, 0.25) is 0 Å². The number of nitrogens with one attached hydrogen (secondary N) is 2. The molecular weight excluding hydrogens is 523 g/mol. The Morgan fingerprint density at radius 3 is 2.56 bits per heavy atom. The van der Waals surface area contributed by atoms with Gasteiger partial charge < -0.3 is 14.6 Å². The number of halogens is 1. The summed E-state index contributed by atoms with van der Waals surface area (Å²) in [4.78, 5) is 33.8. The van der Waals surface area contributed by atoms with E-state index in [4.69, 9.17) is 9.72 Å². The van der Waals surface area contributed by atoms with E-state index >= 15 is 0 Å². The molecule has 1 amide bonds. The lowest BCUT2D eigenvalue weighted by atomic mass is 10.1. The van der Waals surface area contributed by atoms with Crippen LogP contribution in [-0.4, -0.2) is 43.0 Å². The van der Waals surface area contributed by atoms with Crippen LogP contribution in [0.15, 0.2) is 58.4 Å². The van der Waals surface area contributed by atoms with E-state index < -0.39 is 32.2 Å². The molecule has 1 aliphatic rings. The fraction of sp³-hybridized carbons (Fsp3) is 0.393. The van der Waals surface area contributed by atoms with Gasteiger partial charge in [-0.15, -0.1) is 0 Å². The average molecular weight is 557 g/mol. The normalized spacial score (nSPS) is 17.4. The van der Waals surface area contributed by atoms with Gasteiger partial charge in [0.1, 0.15) is 17.4 Å². The van der Waals surface area contributed by atoms with Gasteiger partial charge in [-0.05, 0) is 75.4 Å². The molecule has 3 heterocycles. The molecular formula is C28H33FN4O5S. The molecule has 0 radical (unpaired) electrons. The summed E-state index contributed by atoms with van der Waals surface area (Å²) in [6.45, 7) is 8.60. The molecule has 2 aromatic heterocycles. The van der Waals surface area contributed by atoms with Gasteiger partial charge in [0.25, 0.3) is 21.5 Å². The Morgan fingerprint density at radius 1 is 1.18 bits per heavy atom. The van der Waals surface area contributed by atoms with E-state index in [9.17, 15) is 22.4 Å². The van der Waals surface area contributed by atoms with Crippen molar-refractivity contribution in [3.05, 3.63) is 70.4 Å². The number of amides is 1. The highest BCUT2D eigenvalue weighted by atomic mass is 32.2. The lowest BCUT2D eigenvalue weighted by molar-refractivity contribution is 0.0981. The molecule has 2 atom stereocenters. The summed E-state index contributed by atoms with van der Waals surface area (Å²) in [7, 11) is -4.45. The molecule has 1 fully saturated rings. The summed E-state index contributed by atoms with van der Waals surface area (Å²) in [5.41, 5.74) is 0.0556. The van der Waals surface area contributed by atoms with Crippen molar-refractivity contribution in [2.24, 2.45) is 5.92 Å². The van der Waals surface area contributed by atoms with Gasteiger partial charge in [0.15, 0.2) is 4.90 Å². The second-order valence-electron chi connectivity index (χ2n) is 10.3. The highest BCUT2D eigenvalue weighted by molar-refractivity contribution is 7.90. The lowest BCUT2D eigenvalue weighted by Crippen LogP contribution is -2.38. The summed E-state index contributed by atoms with van der Waals surface area (Å²) in [6.07, 6.45) is 3.84. The number of carbonyl (C=O) groups excluding carboxylic acids is 1. The number of benzene rings is 1. The third-order valence-corrected chi connectivity index (χ3v) is 8.10. The van der Waals surface area contributed by atoms with Gasteiger partial charge in [-0.1, -0.05) is 13.8 Å². The first-order valence-electron chi connectivity index (χ1n) is 12.9. The van der Waals surface area contributed by atoms with Crippen LogP contribution < -0.4 is 19.9 Å². The zero-order chi connectivity index (χ0) is 28.3. The summed E-state index contributed by atoms with van der Waals surface area (Å²) in [5.74, 6) is -0.312. The summed E-state index contributed by atoms with van der Waals surface area (Å²) in [5, 5.41) is 0. The fourth-order valence-corrected chi connectivity index (χ4v) is 5.68. The molecule has 11 heteroatoms. The van der Waals surface area contributed by atoms with Gasteiger partial charge >= 0.3 is 0 Å². The smallest absolute Gasteiger partial charge is 0.269 e. The van der Waals surface area contributed by atoms with Gasteiger partial charge in [-0.3, -0.25) is 9.59 Å². The Balaban J connectivity index is 1.73. The maximum Gasteiger partial charge on any atom is 0.269 e. The number of anilines is 1. The molecule has 1 saturated heterocycles. The quantitative estimate of drug-likeness (QED) is 0.398. The number of aromatic nitrogens is 2. The van der Waals surface area contributed by atoms with E-state index in [1.165, 1.54) is 30.5 Å². The van der Waals surface area contributed by atoms with Crippen molar-refractivity contribution in [2.45, 2.75) is 63.9 Å². The lowest BCUT2D eigenvalue weighted by Gasteiger charge is -2.29. The molecule has 1 aromatic carbocycles. The van der Waals surface area contributed by atoms with Gasteiger partial charge in [0, 0.05) is 29.9 Å². The largest absolute Gasteiger partial charge is 0.493 e. The molecule has 3 aromatic rings. The fourth-order valence-electron chi connectivity index (χ4n) is 4.65. The number of sulfonamides is 1. The van der Waals surface area contributed by atoms with E-state index in [1.807, 2.05) is 23.5 Å². The van der Waals surface area contributed by atoms with E-state index in [0.29, 0.717) is 29.5 Å². The second-order valence-corrected chi connectivity index (χ2v) is 11.9. The predicted octanol–water partition coefficient (Wildman–Crippen LogP) is 4.50. The van der Waals surface area contributed by atoms with Crippen molar-refractivity contribution < 1.29 is 22.3 Å². The van der Waals surface area contributed by atoms with Crippen LogP contribution in [0, 0.1) is 11.7 Å². The molecule has 1 aliphatic heterocycles. The summed E-state index contributed by atoms with van der Waals surface area (Å²) >= 11 is 0. The van der Waals surface area contributed by atoms with E-state index in [-0.39, 0.29) is 23.5 Å². The number of pyridine rings is 2. The van der Waals surface area contributed by atoms with E-state index in [2.05, 4.69) is 18.8 Å². The summed E-state index contributed by atoms with van der Waals surface area (Å²) < 4.78 is 48.0. The zero-order valence-corrected chi connectivity index (χ0v) is 23.2. The van der Waals surface area contributed by atoms with Gasteiger partial charge in [-0.2, -0.15) is 0 Å². The summed E-state index contributed by atoms with van der Waals surface area (Å²) in [6, 6.07) is 9.89. The average Bonchev–Trinajstić information content (AvgIpc) is 3.20. The monoisotopic (exact) mass is 556 g/mol. The Labute approximate surface area is 227 Å². The molecule has 208 valence electrons. The van der Waals surface area contributed by atoms with Crippen molar-refractivity contribution in [3.8, 4) is 17.0 Å². The molecule has 4 rings (SSSR count). The number of hydrogen-bond acceptors (Lipinski definition) is 7. The van der Waals surface area contributed by atoms with Crippen LogP contribution in [0.1, 0.15) is 57.3 Å². The minimum Gasteiger partial charge on any atom is -0.493 e. The van der Waals surface area contributed by atoms with Crippen LogP contribution in [0.3, 0.4) is 0 Å².